The Kier molecular flexibility index (Phi) is 6.07. The van der Waals surface area contributed by atoms with Crippen LogP contribution in [-0.4, -0.2) is 60.1 Å². The molecule has 0 radical (unpaired) electrons. The maximum atomic E-state index is 12.1. The molecule has 25 heavy (non-hydrogen) atoms. The zero-order valence-electron chi connectivity index (χ0n) is 14.4. The van der Waals surface area contributed by atoms with Gasteiger partial charge in [-0.1, -0.05) is 35.8 Å². The van der Waals surface area contributed by atoms with E-state index in [0.29, 0.717) is 23.9 Å². The first-order valence-corrected chi connectivity index (χ1v) is 8.95. The lowest BCUT2D eigenvalue weighted by molar-refractivity contribution is -0.122. The number of nitrogens with one attached hydrogen (secondary N) is 1. The second-order valence-corrected chi connectivity index (χ2v) is 6.61. The summed E-state index contributed by atoms with van der Waals surface area (Å²) in [7, 11) is 0. The van der Waals surface area contributed by atoms with E-state index >= 15 is 0 Å². The number of carbonyl (C=O) groups excluding carboxylic acids is 1. The van der Waals surface area contributed by atoms with Crippen molar-refractivity contribution in [2.75, 3.05) is 39.3 Å². The Hall–Kier alpha value is -1.89. The number of halogens is 1. The molecule has 0 aliphatic carbocycles. The quantitative estimate of drug-likeness (QED) is 0.854. The summed E-state index contributed by atoms with van der Waals surface area (Å²) in [6.45, 7) is 7.92. The number of nitrogens with zero attached hydrogens (tertiary/aromatic N) is 3. The van der Waals surface area contributed by atoms with Crippen molar-refractivity contribution in [2.45, 2.75) is 13.5 Å². The van der Waals surface area contributed by atoms with Gasteiger partial charge in [0.2, 0.25) is 5.91 Å². The third-order valence-electron chi connectivity index (χ3n) is 4.44. The van der Waals surface area contributed by atoms with Crippen molar-refractivity contribution in [1.29, 1.82) is 0 Å². The average molecular weight is 363 g/mol. The van der Waals surface area contributed by atoms with Gasteiger partial charge in [-0.15, -0.1) is 0 Å². The summed E-state index contributed by atoms with van der Waals surface area (Å²) in [5, 5.41) is 7.62. The summed E-state index contributed by atoms with van der Waals surface area (Å²) in [6.07, 6.45) is 0. The minimum Gasteiger partial charge on any atom is -0.359 e. The molecule has 3 rings (SSSR count). The highest BCUT2D eigenvalue weighted by molar-refractivity contribution is 6.30. The van der Waals surface area contributed by atoms with Crippen LogP contribution >= 0.6 is 11.6 Å². The molecular formula is C18H23ClN4O2. The van der Waals surface area contributed by atoms with Crippen LogP contribution in [0.1, 0.15) is 12.7 Å². The molecule has 1 aromatic heterocycles. The van der Waals surface area contributed by atoms with Gasteiger partial charge in [-0.3, -0.25) is 9.69 Å². The monoisotopic (exact) mass is 362 g/mol. The fraction of sp³-hybridized carbons (Fsp3) is 0.444. The first-order valence-electron chi connectivity index (χ1n) is 8.57. The lowest BCUT2D eigenvalue weighted by Gasteiger charge is -2.33. The van der Waals surface area contributed by atoms with Crippen molar-refractivity contribution in [3.05, 3.63) is 41.1 Å². The normalized spacial score (nSPS) is 16.1. The van der Waals surface area contributed by atoms with Crippen molar-refractivity contribution in [1.82, 2.24) is 20.3 Å². The van der Waals surface area contributed by atoms with E-state index in [-0.39, 0.29) is 5.91 Å². The molecule has 2 aromatic rings. The molecule has 0 unspecified atom stereocenters. The predicted molar refractivity (Wildman–Crippen MR) is 97.3 cm³/mol. The van der Waals surface area contributed by atoms with Gasteiger partial charge in [-0.05, 0) is 18.7 Å². The van der Waals surface area contributed by atoms with Gasteiger partial charge >= 0.3 is 0 Å². The second-order valence-electron chi connectivity index (χ2n) is 6.17. The Bertz CT molecular complexity index is 693. The van der Waals surface area contributed by atoms with E-state index in [9.17, 15) is 4.79 Å². The highest BCUT2D eigenvalue weighted by atomic mass is 35.5. The van der Waals surface area contributed by atoms with Crippen molar-refractivity contribution in [2.24, 2.45) is 0 Å². The zero-order chi connectivity index (χ0) is 17.6. The summed E-state index contributed by atoms with van der Waals surface area (Å²) < 4.78 is 5.30. The Morgan fingerprint density at radius 3 is 2.56 bits per heavy atom. The van der Waals surface area contributed by atoms with Gasteiger partial charge in [-0.2, -0.15) is 0 Å². The van der Waals surface area contributed by atoms with Gasteiger partial charge < -0.3 is 14.7 Å². The Balaban J connectivity index is 1.46. The van der Waals surface area contributed by atoms with Crippen LogP contribution in [0.3, 0.4) is 0 Å². The molecule has 1 amide bonds. The molecule has 1 aromatic carbocycles. The smallest absolute Gasteiger partial charge is 0.234 e. The van der Waals surface area contributed by atoms with Crippen molar-refractivity contribution >= 4 is 17.5 Å². The number of benzene rings is 1. The van der Waals surface area contributed by atoms with Crippen LogP contribution in [0.4, 0.5) is 0 Å². The molecule has 1 aliphatic rings. The second kappa shape index (κ2) is 8.47. The molecule has 1 N–H and O–H groups in total. The summed E-state index contributed by atoms with van der Waals surface area (Å²) in [6, 6.07) is 9.23. The van der Waals surface area contributed by atoms with Gasteiger partial charge in [-0.25, -0.2) is 0 Å². The van der Waals surface area contributed by atoms with Gasteiger partial charge in [0.15, 0.2) is 5.76 Å². The fourth-order valence-corrected chi connectivity index (χ4v) is 2.99. The average Bonchev–Trinajstić information content (AvgIpc) is 3.10. The van der Waals surface area contributed by atoms with E-state index in [2.05, 4.69) is 27.2 Å². The van der Waals surface area contributed by atoms with Gasteiger partial charge in [0.05, 0.1) is 13.1 Å². The summed E-state index contributed by atoms with van der Waals surface area (Å²) in [5.74, 6) is 0.642. The number of aromatic nitrogens is 1. The molecule has 0 saturated carbocycles. The van der Waals surface area contributed by atoms with E-state index in [1.807, 2.05) is 30.3 Å². The molecule has 7 heteroatoms. The fourth-order valence-electron chi connectivity index (χ4n) is 2.86. The largest absolute Gasteiger partial charge is 0.359 e. The van der Waals surface area contributed by atoms with E-state index in [1.54, 1.807) is 0 Å². The van der Waals surface area contributed by atoms with Gasteiger partial charge in [0.25, 0.3) is 0 Å². The number of amides is 1. The molecule has 2 heterocycles. The third kappa shape index (κ3) is 5.04. The van der Waals surface area contributed by atoms with Crippen LogP contribution in [0.15, 0.2) is 34.9 Å². The number of carbonyl (C=O) groups is 1. The number of piperazine rings is 1. The minimum atomic E-state index is 0.00870. The van der Waals surface area contributed by atoms with Crippen molar-refractivity contribution in [3.8, 4) is 11.3 Å². The molecule has 1 saturated heterocycles. The van der Waals surface area contributed by atoms with Gasteiger partial charge in [0, 0.05) is 42.8 Å². The molecule has 1 aliphatic heterocycles. The summed E-state index contributed by atoms with van der Waals surface area (Å²) in [4.78, 5) is 16.7. The summed E-state index contributed by atoms with van der Waals surface area (Å²) in [5.41, 5.74) is 1.66. The van der Waals surface area contributed by atoms with Crippen molar-refractivity contribution in [3.63, 3.8) is 0 Å². The highest BCUT2D eigenvalue weighted by Crippen LogP contribution is 2.21. The summed E-state index contributed by atoms with van der Waals surface area (Å²) >= 11 is 5.89. The number of rotatable bonds is 6. The van der Waals surface area contributed by atoms with Crippen LogP contribution in [0.25, 0.3) is 11.3 Å². The number of hydrogen-bond donors (Lipinski definition) is 1. The maximum Gasteiger partial charge on any atom is 0.234 e. The van der Waals surface area contributed by atoms with Crippen LogP contribution in [-0.2, 0) is 11.3 Å². The van der Waals surface area contributed by atoms with Crippen LogP contribution in [0.2, 0.25) is 5.02 Å². The molecule has 134 valence electrons. The molecular weight excluding hydrogens is 340 g/mol. The van der Waals surface area contributed by atoms with E-state index < -0.39 is 0 Å². The standard InChI is InChI=1S/C18H23ClN4O2/c1-2-22-7-9-23(10-8-22)13-18(24)20-12-16-11-17(21-25-16)14-3-5-15(19)6-4-14/h3-6,11H,2,7-10,12-13H2,1H3,(H,20,24). The topological polar surface area (TPSA) is 61.6 Å². The van der Waals surface area contributed by atoms with Crippen molar-refractivity contribution < 1.29 is 9.32 Å². The predicted octanol–water partition coefficient (Wildman–Crippen LogP) is 2.25. The SMILES string of the molecule is CCN1CCN(CC(=O)NCc2cc(-c3ccc(Cl)cc3)no2)CC1. The Morgan fingerprint density at radius 1 is 1.20 bits per heavy atom. The van der Waals surface area contributed by atoms with Gasteiger partial charge in [0.1, 0.15) is 5.69 Å². The van der Waals surface area contributed by atoms with Crippen LogP contribution in [0, 0.1) is 0 Å². The third-order valence-corrected chi connectivity index (χ3v) is 4.69. The number of likely N-dealkylation sites (N-methyl/N-ethyl adjacent to an activating group) is 1. The first-order chi connectivity index (χ1) is 12.1. The highest BCUT2D eigenvalue weighted by Gasteiger charge is 2.18. The minimum absolute atomic E-state index is 0.00870. The zero-order valence-corrected chi connectivity index (χ0v) is 15.1. The molecule has 1 fully saturated rings. The Labute approximate surface area is 152 Å². The first kappa shape index (κ1) is 17.9. The maximum absolute atomic E-state index is 12.1. The van der Waals surface area contributed by atoms with E-state index in [4.69, 9.17) is 16.1 Å². The van der Waals surface area contributed by atoms with E-state index in [1.165, 1.54) is 0 Å². The lowest BCUT2D eigenvalue weighted by Crippen LogP contribution is -2.49. The van der Waals surface area contributed by atoms with Crippen LogP contribution in [0.5, 0.6) is 0 Å². The number of hydrogen-bond acceptors (Lipinski definition) is 5. The lowest BCUT2D eigenvalue weighted by atomic mass is 10.1. The molecule has 0 spiro atoms. The van der Waals surface area contributed by atoms with Crippen LogP contribution < -0.4 is 5.32 Å². The molecule has 0 bridgehead atoms. The Morgan fingerprint density at radius 2 is 1.88 bits per heavy atom. The molecule has 6 nitrogen and oxygen atoms in total. The molecule has 0 atom stereocenters. The van der Waals surface area contributed by atoms with E-state index in [0.717, 1.165) is 44.0 Å².